The molecule has 0 saturated carbocycles. The highest BCUT2D eigenvalue weighted by Crippen LogP contribution is 2.40. The van der Waals surface area contributed by atoms with Gasteiger partial charge in [0, 0.05) is 12.1 Å². The quantitative estimate of drug-likeness (QED) is 0.376. The maximum atomic E-state index is 13.7. The Hall–Kier alpha value is -3.87. The molecule has 6 nitrogen and oxygen atoms in total. The average molecular weight is 421 g/mol. The number of aryl methyl sites for hydroxylation is 1. The number of benzene rings is 2. The van der Waals surface area contributed by atoms with Crippen molar-refractivity contribution in [3.05, 3.63) is 94.7 Å². The number of carbonyl (C=O) groups is 2. The summed E-state index contributed by atoms with van der Waals surface area (Å²) in [5, 5.41) is 11.0. The molecule has 1 amide bonds. The molecule has 1 aromatic heterocycles. The van der Waals surface area contributed by atoms with Crippen LogP contribution in [0.3, 0.4) is 0 Å². The fourth-order valence-electron chi connectivity index (χ4n) is 3.70. The SMILES string of the molecule is COc1cccc(CN2C(=O)C(=O)/C(=C(\O)c3ccc(F)c(C)c3)C2c2ccco2)c1. The molecule has 7 heteroatoms. The van der Waals surface area contributed by atoms with Crippen LogP contribution in [0.4, 0.5) is 4.39 Å². The maximum absolute atomic E-state index is 13.7. The lowest BCUT2D eigenvalue weighted by Gasteiger charge is -2.23. The van der Waals surface area contributed by atoms with Crippen molar-refractivity contribution in [3.8, 4) is 5.75 Å². The number of carbonyl (C=O) groups excluding carboxylic acids is 2. The molecule has 1 fully saturated rings. The van der Waals surface area contributed by atoms with Gasteiger partial charge in [0.25, 0.3) is 11.7 Å². The van der Waals surface area contributed by atoms with Crippen LogP contribution < -0.4 is 4.74 Å². The Kier molecular flexibility index (Phi) is 5.33. The molecule has 1 aliphatic rings. The van der Waals surface area contributed by atoms with Gasteiger partial charge in [0.15, 0.2) is 0 Å². The van der Waals surface area contributed by atoms with E-state index in [0.29, 0.717) is 17.1 Å². The lowest BCUT2D eigenvalue weighted by Crippen LogP contribution is -2.29. The smallest absolute Gasteiger partial charge is 0.296 e. The van der Waals surface area contributed by atoms with Crippen LogP contribution in [0, 0.1) is 12.7 Å². The van der Waals surface area contributed by atoms with Gasteiger partial charge >= 0.3 is 0 Å². The summed E-state index contributed by atoms with van der Waals surface area (Å²) >= 11 is 0. The summed E-state index contributed by atoms with van der Waals surface area (Å²) in [6.07, 6.45) is 1.43. The molecule has 1 saturated heterocycles. The number of furan rings is 1. The molecule has 2 aromatic carbocycles. The molecule has 0 spiro atoms. The first-order valence-electron chi connectivity index (χ1n) is 9.62. The Labute approximate surface area is 178 Å². The third-order valence-corrected chi connectivity index (χ3v) is 5.27. The van der Waals surface area contributed by atoms with Gasteiger partial charge in [0.1, 0.15) is 29.1 Å². The zero-order chi connectivity index (χ0) is 22.1. The normalized spacial score (nSPS) is 17.9. The molecule has 2 heterocycles. The van der Waals surface area contributed by atoms with Crippen LogP contribution in [-0.4, -0.2) is 28.8 Å². The van der Waals surface area contributed by atoms with Crippen molar-refractivity contribution in [2.75, 3.05) is 7.11 Å². The first-order chi connectivity index (χ1) is 14.9. The van der Waals surface area contributed by atoms with Crippen molar-refractivity contribution in [3.63, 3.8) is 0 Å². The molecule has 0 aliphatic carbocycles. The third kappa shape index (κ3) is 3.70. The number of likely N-dealkylation sites (tertiary alicyclic amines) is 1. The topological polar surface area (TPSA) is 80.0 Å². The standard InChI is InChI=1S/C24H20FNO5/c1-14-11-16(8-9-18(14)25)22(27)20-21(19-7-4-10-31-19)26(24(29)23(20)28)13-15-5-3-6-17(12-15)30-2/h3-12,21,27H,13H2,1-2H3/b22-20-. The summed E-state index contributed by atoms with van der Waals surface area (Å²) in [4.78, 5) is 27.2. The zero-order valence-electron chi connectivity index (χ0n) is 17.0. The van der Waals surface area contributed by atoms with Gasteiger partial charge in [0.2, 0.25) is 0 Å². The van der Waals surface area contributed by atoms with E-state index in [2.05, 4.69) is 0 Å². The first kappa shape index (κ1) is 20.4. The van der Waals surface area contributed by atoms with Crippen LogP contribution in [0.1, 0.15) is 28.5 Å². The van der Waals surface area contributed by atoms with E-state index >= 15 is 0 Å². The van der Waals surface area contributed by atoms with Gasteiger partial charge in [-0.15, -0.1) is 0 Å². The fourth-order valence-corrected chi connectivity index (χ4v) is 3.70. The molecular formula is C24H20FNO5. The van der Waals surface area contributed by atoms with Crippen molar-refractivity contribution in [2.24, 2.45) is 0 Å². The molecule has 0 radical (unpaired) electrons. The number of ketones is 1. The van der Waals surface area contributed by atoms with Gasteiger partial charge < -0.3 is 19.2 Å². The van der Waals surface area contributed by atoms with Gasteiger partial charge in [-0.25, -0.2) is 4.39 Å². The number of hydrogen-bond donors (Lipinski definition) is 1. The number of aliphatic hydroxyl groups is 1. The van der Waals surface area contributed by atoms with E-state index < -0.39 is 23.5 Å². The lowest BCUT2D eigenvalue weighted by molar-refractivity contribution is -0.140. The predicted octanol–water partition coefficient (Wildman–Crippen LogP) is 4.36. The van der Waals surface area contributed by atoms with Gasteiger partial charge in [-0.1, -0.05) is 12.1 Å². The van der Waals surface area contributed by atoms with Gasteiger partial charge in [0.05, 0.1) is 18.9 Å². The number of amides is 1. The van der Waals surface area contributed by atoms with Crippen molar-refractivity contribution >= 4 is 17.4 Å². The fraction of sp³-hybridized carbons (Fsp3) is 0.167. The van der Waals surface area contributed by atoms with Gasteiger partial charge in [-0.3, -0.25) is 9.59 Å². The van der Waals surface area contributed by atoms with E-state index in [1.54, 1.807) is 44.4 Å². The number of ether oxygens (including phenoxy) is 1. The van der Waals surface area contributed by atoms with Crippen LogP contribution in [0.5, 0.6) is 5.75 Å². The zero-order valence-corrected chi connectivity index (χ0v) is 17.0. The van der Waals surface area contributed by atoms with Gasteiger partial charge in [-0.2, -0.15) is 0 Å². The predicted molar refractivity (Wildman–Crippen MR) is 111 cm³/mol. The summed E-state index contributed by atoms with van der Waals surface area (Å²) in [6, 6.07) is 13.5. The molecule has 3 aromatic rings. The average Bonchev–Trinajstić information content (AvgIpc) is 3.38. The van der Waals surface area contributed by atoms with E-state index in [1.165, 1.54) is 29.4 Å². The van der Waals surface area contributed by atoms with Gasteiger partial charge in [-0.05, 0) is 60.5 Å². The summed E-state index contributed by atoms with van der Waals surface area (Å²) in [6.45, 7) is 1.66. The van der Waals surface area contributed by atoms with Crippen molar-refractivity contribution in [1.82, 2.24) is 4.90 Å². The molecule has 4 rings (SSSR count). The summed E-state index contributed by atoms with van der Waals surface area (Å²) in [5.41, 5.74) is 1.20. The second-order valence-corrected chi connectivity index (χ2v) is 7.26. The monoisotopic (exact) mass is 421 g/mol. The second-order valence-electron chi connectivity index (χ2n) is 7.26. The van der Waals surface area contributed by atoms with E-state index in [4.69, 9.17) is 9.15 Å². The van der Waals surface area contributed by atoms with Crippen LogP contribution >= 0.6 is 0 Å². The second kappa shape index (κ2) is 8.10. The van der Waals surface area contributed by atoms with Crippen molar-refractivity contribution < 1.29 is 28.2 Å². The molecule has 31 heavy (non-hydrogen) atoms. The minimum atomic E-state index is -0.924. The number of nitrogens with zero attached hydrogens (tertiary/aromatic N) is 1. The summed E-state index contributed by atoms with van der Waals surface area (Å²) in [5.74, 6) is -1.45. The number of methoxy groups -OCH3 is 1. The lowest BCUT2D eigenvalue weighted by atomic mass is 9.98. The summed E-state index contributed by atoms with van der Waals surface area (Å²) < 4.78 is 24.4. The number of rotatable bonds is 5. The Morgan fingerprint density at radius 3 is 2.65 bits per heavy atom. The summed E-state index contributed by atoms with van der Waals surface area (Å²) in [7, 11) is 1.54. The Bertz CT molecular complexity index is 1180. The van der Waals surface area contributed by atoms with E-state index in [0.717, 1.165) is 5.56 Å². The molecule has 0 bridgehead atoms. The van der Waals surface area contributed by atoms with E-state index in [-0.39, 0.29) is 23.4 Å². The van der Waals surface area contributed by atoms with Crippen molar-refractivity contribution in [2.45, 2.75) is 19.5 Å². The highest BCUT2D eigenvalue weighted by molar-refractivity contribution is 6.46. The number of halogens is 1. The van der Waals surface area contributed by atoms with Crippen molar-refractivity contribution in [1.29, 1.82) is 0 Å². The van der Waals surface area contributed by atoms with Crippen LogP contribution in [0.25, 0.3) is 5.76 Å². The Morgan fingerprint density at radius 2 is 1.97 bits per heavy atom. The molecule has 1 N–H and O–H groups in total. The third-order valence-electron chi connectivity index (χ3n) is 5.27. The molecule has 1 aliphatic heterocycles. The van der Waals surface area contributed by atoms with Crippen LogP contribution in [0.15, 0.2) is 70.9 Å². The molecular weight excluding hydrogens is 401 g/mol. The minimum Gasteiger partial charge on any atom is -0.507 e. The van der Waals surface area contributed by atoms with E-state index in [1.807, 2.05) is 6.07 Å². The van der Waals surface area contributed by atoms with Crippen LogP contribution in [-0.2, 0) is 16.1 Å². The highest BCUT2D eigenvalue weighted by Gasteiger charge is 2.47. The van der Waals surface area contributed by atoms with E-state index in [9.17, 15) is 19.1 Å². The molecule has 1 unspecified atom stereocenters. The number of aliphatic hydroxyl groups excluding tert-OH is 1. The molecule has 158 valence electrons. The largest absolute Gasteiger partial charge is 0.507 e. The number of hydrogen-bond acceptors (Lipinski definition) is 5. The Morgan fingerprint density at radius 1 is 1.16 bits per heavy atom. The molecule has 1 atom stereocenters. The Balaban J connectivity index is 1.82. The highest BCUT2D eigenvalue weighted by atomic mass is 19.1. The maximum Gasteiger partial charge on any atom is 0.296 e. The van der Waals surface area contributed by atoms with Crippen LogP contribution in [0.2, 0.25) is 0 Å². The number of Topliss-reactive ketones (excluding diaryl/α,β-unsaturated/α-hetero) is 1. The first-order valence-corrected chi connectivity index (χ1v) is 9.62. The minimum absolute atomic E-state index is 0.103.